The van der Waals surface area contributed by atoms with E-state index in [0.29, 0.717) is 12.8 Å². The Kier molecular flexibility index (Phi) is 44.0. The van der Waals surface area contributed by atoms with E-state index in [0.717, 1.165) is 65.2 Å². The second-order valence-electron chi connectivity index (χ2n) is 29.3. The average molecular weight is 1550 g/mol. The summed E-state index contributed by atoms with van der Waals surface area (Å²) < 4.78 is 58.5. The monoisotopic (exact) mass is 1550 g/mol. The van der Waals surface area contributed by atoms with Gasteiger partial charge < -0.3 is 150 Å². The van der Waals surface area contributed by atoms with Crippen LogP contribution >= 0.6 is 0 Å². The number of aliphatic carboxylic acids is 1. The van der Waals surface area contributed by atoms with Gasteiger partial charge in [0.15, 0.2) is 25.2 Å². The maximum absolute atomic E-state index is 13.5. The Morgan fingerprint density at radius 1 is 0.495 bits per heavy atom. The van der Waals surface area contributed by atoms with Crippen LogP contribution in [0, 0.1) is 0 Å². The Morgan fingerprint density at radius 2 is 0.944 bits per heavy atom. The normalized spacial score (nSPS) is 34.6. The molecule has 5 aliphatic rings. The zero-order chi connectivity index (χ0) is 78.8. The second-order valence-corrected chi connectivity index (χ2v) is 29.3. The van der Waals surface area contributed by atoms with Crippen LogP contribution in [0.25, 0.3) is 0 Å². The van der Waals surface area contributed by atoms with Crippen molar-refractivity contribution in [3.8, 4) is 0 Å². The highest BCUT2D eigenvalue weighted by molar-refractivity contribution is 5.77. The van der Waals surface area contributed by atoms with Gasteiger partial charge in [0.25, 0.3) is 5.79 Å². The van der Waals surface area contributed by atoms with Crippen LogP contribution in [0.5, 0.6) is 0 Å². The number of unbranched alkanes of at least 4 members (excludes halogenated alkanes) is 25. The van der Waals surface area contributed by atoms with E-state index in [-0.39, 0.29) is 12.3 Å². The molecule has 20 N–H and O–H groups in total. The molecule has 0 radical (unpaired) electrons. The molecule has 5 aliphatic heterocycles. The average Bonchev–Trinajstić information content (AvgIpc) is 0.773. The molecule has 624 valence electrons. The Hall–Kier alpha value is -3.42. The highest BCUT2D eigenvalue weighted by Gasteiger charge is 2.59. The molecule has 34 nitrogen and oxygen atoms in total. The fraction of sp³-hybridized carbons (Fsp3) is 0.918. The number of amides is 3. The number of carbonyl (C=O) groups excluding carboxylic acids is 3. The Balaban J connectivity index is 1.23. The third-order valence-corrected chi connectivity index (χ3v) is 20.6. The predicted octanol–water partition coefficient (Wildman–Crippen LogP) is -1.04. The van der Waals surface area contributed by atoms with Gasteiger partial charge in [0, 0.05) is 26.7 Å². The molecular formula is C73H131N3O31. The predicted molar refractivity (Wildman–Crippen MR) is 378 cm³/mol. The van der Waals surface area contributed by atoms with Crippen LogP contribution < -0.4 is 16.0 Å². The minimum absolute atomic E-state index is 0.176. The van der Waals surface area contributed by atoms with Crippen molar-refractivity contribution in [1.29, 1.82) is 0 Å². The lowest BCUT2D eigenvalue weighted by Crippen LogP contribution is -2.70. The summed E-state index contributed by atoms with van der Waals surface area (Å²) in [5.74, 6) is -6.94. The molecule has 0 aromatic heterocycles. The van der Waals surface area contributed by atoms with Crippen LogP contribution in [-0.4, -0.2) is 321 Å². The first-order valence-corrected chi connectivity index (χ1v) is 39.1. The molecule has 5 rings (SSSR count). The van der Waals surface area contributed by atoms with Crippen molar-refractivity contribution in [2.24, 2.45) is 0 Å². The number of carbonyl (C=O) groups is 4. The first kappa shape index (κ1) is 94.2. The zero-order valence-electron chi connectivity index (χ0n) is 62.8. The summed E-state index contributed by atoms with van der Waals surface area (Å²) >= 11 is 0. The standard InChI is InChI=1S/C73H131N3O31/c1-5-7-9-11-13-15-17-19-20-22-24-26-28-30-32-34-52(86)76-44(45(83)33-31-29-27-25-23-21-18-16-14-12-10-8-6-2)40-98-69-62(94)60(92)65(50(39-80)102-69)105-71-63(95)67(57(89)48(37-78)100-71)106-68-54(75-43(4)82)58(90)64(49(38-79)101-68)104-70-61(93)59(91)56(88)51(103-70)41-99-73(72(96)97)35-46(84)53(74-42(3)81)66(107-73)55(87)47(85)36-77/h31,33,44-51,53-71,77-80,83-85,87-95H,5-30,32,34-41H2,1-4H3,(H,74,81)(H,75,82)(H,76,86)(H,96,97)/b33-31+/t44-,45+,46?,47+,48?,49?,50?,51?,53+,54?,55+,56-,57-,58+,59-,60+,61?,62?,63?,64+,65+,66?,67-,68-,69+,70-,71-,73+/m0/s1. The highest BCUT2D eigenvalue weighted by atomic mass is 16.8. The van der Waals surface area contributed by atoms with Crippen molar-refractivity contribution in [2.75, 3.05) is 39.6 Å². The van der Waals surface area contributed by atoms with E-state index in [4.69, 9.17) is 47.4 Å². The van der Waals surface area contributed by atoms with E-state index < -0.39 is 235 Å². The van der Waals surface area contributed by atoms with Crippen LogP contribution in [0.1, 0.15) is 214 Å². The Morgan fingerprint density at radius 3 is 1.45 bits per heavy atom. The molecule has 107 heavy (non-hydrogen) atoms. The SMILES string of the molecule is CCCCCCCCCCCCC/C=C/[C@@H](O)[C@H](CO[C@@H]1OC(CO)[C@@H](O[C@@H]2OC(CO)[C@H](O)[C@H](O[C@@H]3OC(CO)[C@@H](O[C@@H]4OC(CO[C@]5(C(=O)O)CC(O)[C@@H](NC(C)=O)C([C@H](O)[C@H](O)CO)O5)[C@H](O)[C@H](O)C4O)[C@H](O)C3NC(C)=O)C2O)[C@H](O)C1O)NC(=O)CCCCCCCCCCCCCCCCC. The summed E-state index contributed by atoms with van der Waals surface area (Å²) in [6.45, 7) is 0.767. The van der Waals surface area contributed by atoms with Crippen LogP contribution in [0.2, 0.25) is 0 Å². The van der Waals surface area contributed by atoms with Gasteiger partial charge in [-0.25, -0.2) is 4.79 Å². The molecule has 0 saturated carbocycles. The minimum Gasteiger partial charge on any atom is -0.477 e. The van der Waals surface area contributed by atoms with Crippen LogP contribution in [0.4, 0.5) is 0 Å². The van der Waals surface area contributed by atoms with Gasteiger partial charge in [0.2, 0.25) is 17.7 Å². The largest absolute Gasteiger partial charge is 0.477 e. The van der Waals surface area contributed by atoms with Gasteiger partial charge in [-0.15, -0.1) is 0 Å². The number of aliphatic hydroxyl groups excluding tert-OH is 16. The Labute approximate surface area is 627 Å². The number of ether oxygens (including phenoxy) is 10. The number of rotatable bonds is 52. The number of hydrogen-bond acceptors (Lipinski definition) is 30. The number of allylic oxidation sites excluding steroid dienone is 1. The van der Waals surface area contributed by atoms with Gasteiger partial charge in [-0.2, -0.15) is 0 Å². The number of carboxylic acids is 1. The fourth-order valence-corrected chi connectivity index (χ4v) is 14.2. The molecule has 5 fully saturated rings. The van der Waals surface area contributed by atoms with Gasteiger partial charge in [-0.3, -0.25) is 14.4 Å². The molecule has 34 heteroatoms. The highest BCUT2D eigenvalue weighted by Crippen LogP contribution is 2.38. The third kappa shape index (κ3) is 29.5. The van der Waals surface area contributed by atoms with Crippen molar-refractivity contribution in [1.82, 2.24) is 16.0 Å². The molecule has 0 aromatic carbocycles. The molecule has 5 heterocycles. The van der Waals surface area contributed by atoms with Crippen LogP contribution in [0.15, 0.2) is 12.2 Å². The van der Waals surface area contributed by atoms with Crippen molar-refractivity contribution < 1.29 is 153 Å². The minimum atomic E-state index is -2.98. The van der Waals surface area contributed by atoms with E-state index in [2.05, 4.69) is 29.8 Å². The van der Waals surface area contributed by atoms with Gasteiger partial charge >= 0.3 is 5.97 Å². The molecule has 0 aliphatic carbocycles. The molecule has 10 unspecified atom stereocenters. The summed E-state index contributed by atoms with van der Waals surface area (Å²) in [7, 11) is 0. The topological polar surface area (TPSA) is 541 Å². The molecule has 0 spiro atoms. The van der Waals surface area contributed by atoms with Crippen molar-refractivity contribution in [3.05, 3.63) is 12.2 Å². The summed E-state index contributed by atoms with van der Waals surface area (Å²) in [5.41, 5.74) is 0. The second kappa shape index (κ2) is 49.9. The molecular weight excluding hydrogens is 1410 g/mol. The lowest BCUT2D eigenvalue weighted by atomic mass is 9.88. The van der Waals surface area contributed by atoms with E-state index in [9.17, 15) is 106 Å². The number of nitrogens with one attached hydrogen (secondary N) is 3. The van der Waals surface area contributed by atoms with E-state index >= 15 is 0 Å². The first-order valence-electron chi connectivity index (χ1n) is 39.1. The molecule has 5 saturated heterocycles. The third-order valence-electron chi connectivity index (χ3n) is 20.6. The van der Waals surface area contributed by atoms with Gasteiger partial charge in [0.05, 0.1) is 63.9 Å². The van der Waals surface area contributed by atoms with E-state index in [1.807, 2.05) is 6.08 Å². The lowest BCUT2D eigenvalue weighted by molar-refractivity contribution is -0.383. The van der Waals surface area contributed by atoms with Crippen LogP contribution in [-0.2, 0) is 66.5 Å². The number of carboxylic acid groups (broad SMARTS) is 1. The van der Waals surface area contributed by atoms with Crippen molar-refractivity contribution >= 4 is 23.7 Å². The number of hydrogen-bond donors (Lipinski definition) is 20. The molecule has 28 atom stereocenters. The quantitative estimate of drug-likeness (QED) is 0.0255. The van der Waals surface area contributed by atoms with E-state index in [1.165, 1.54) is 109 Å². The maximum Gasteiger partial charge on any atom is 0.364 e. The zero-order valence-corrected chi connectivity index (χ0v) is 62.8. The molecule has 0 bridgehead atoms. The van der Waals surface area contributed by atoms with Crippen molar-refractivity contribution in [3.63, 3.8) is 0 Å². The summed E-state index contributed by atoms with van der Waals surface area (Å²) in [5, 5.41) is 195. The maximum atomic E-state index is 13.5. The summed E-state index contributed by atoms with van der Waals surface area (Å²) in [6, 6.07) is -4.50. The van der Waals surface area contributed by atoms with Crippen LogP contribution in [0.3, 0.4) is 0 Å². The number of aliphatic hydroxyl groups is 16. The fourth-order valence-electron chi connectivity index (χ4n) is 14.2. The van der Waals surface area contributed by atoms with E-state index in [1.54, 1.807) is 6.08 Å². The molecule has 3 amide bonds. The summed E-state index contributed by atoms with van der Waals surface area (Å²) in [4.78, 5) is 51.3. The summed E-state index contributed by atoms with van der Waals surface area (Å²) in [6.07, 6.45) is -13.5. The molecule has 0 aromatic rings. The smallest absolute Gasteiger partial charge is 0.364 e. The first-order chi connectivity index (χ1) is 51.2. The lowest BCUT2D eigenvalue weighted by Gasteiger charge is -2.50. The van der Waals surface area contributed by atoms with Gasteiger partial charge in [-0.1, -0.05) is 180 Å². The van der Waals surface area contributed by atoms with Crippen molar-refractivity contribution in [2.45, 2.75) is 385 Å². The van der Waals surface area contributed by atoms with Gasteiger partial charge in [-0.05, 0) is 19.3 Å². The van der Waals surface area contributed by atoms with Gasteiger partial charge in [0.1, 0.15) is 116 Å². The Bertz CT molecular complexity index is 2500.